The molecule has 0 fully saturated rings. The summed E-state index contributed by atoms with van der Waals surface area (Å²) < 4.78 is 19.7. The number of thioether (sulfide) groups is 1. The van der Waals surface area contributed by atoms with Crippen molar-refractivity contribution in [3.05, 3.63) is 41.6 Å². The minimum atomic E-state index is -3.49. The van der Waals surface area contributed by atoms with Crippen molar-refractivity contribution in [3.8, 4) is 6.07 Å². The molecular formula is C19H24N3O2PS. The second kappa shape index (κ2) is 7.84. The highest BCUT2D eigenvalue weighted by Crippen LogP contribution is 2.49. The van der Waals surface area contributed by atoms with Gasteiger partial charge < -0.3 is 10.3 Å². The van der Waals surface area contributed by atoms with E-state index in [4.69, 9.17) is 10.3 Å². The minimum Gasteiger partial charge on any atom is -0.383 e. The van der Waals surface area contributed by atoms with Crippen LogP contribution in [0.15, 0.2) is 35.2 Å². The molecule has 5 nitrogen and oxygen atoms in total. The van der Waals surface area contributed by atoms with E-state index in [1.54, 1.807) is 31.2 Å². The smallest absolute Gasteiger partial charge is 0.266 e. The van der Waals surface area contributed by atoms with Gasteiger partial charge in [-0.25, -0.2) is 4.98 Å². The number of hydrogen-bond acceptors (Lipinski definition) is 6. The zero-order valence-electron chi connectivity index (χ0n) is 15.7. The van der Waals surface area contributed by atoms with E-state index in [1.165, 1.54) is 11.8 Å². The van der Waals surface area contributed by atoms with Gasteiger partial charge in [0.05, 0.1) is 23.2 Å². The lowest BCUT2D eigenvalue weighted by Gasteiger charge is -2.26. The average Bonchev–Trinajstić information content (AvgIpc) is 2.60. The SMILES string of the molecule is CCOP(=O)(c1ccccc1)c1c(N)nc(C(C)(C)C)c(C#N)c1SC. The number of nitriles is 1. The van der Waals surface area contributed by atoms with Crippen LogP contribution in [-0.2, 0) is 14.5 Å². The van der Waals surface area contributed by atoms with Crippen LogP contribution in [0.5, 0.6) is 0 Å². The Bertz CT molecular complexity index is 886. The lowest BCUT2D eigenvalue weighted by Crippen LogP contribution is -2.28. The fourth-order valence-electron chi connectivity index (χ4n) is 2.78. The number of benzene rings is 1. The van der Waals surface area contributed by atoms with Crippen LogP contribution < -0.4 is 16.3 Å². The third-order valence-corrected chi connectivity index (χ3v) is 7.49. The number of nitrogen functional groups attached to an aromatic ring is 1. The molecule has 26 heavy (non-hydrogen) atoms. The summed E-state index contributed by atoms with van der Waals surface area (Å²) in [5, 5.41) is 10.7. The summed E-state index contributed by atoms with van der Waals surface area (Å²) in [6.45, 7) is 7.95. The number of pyridine rings is 1. The molecule has 0 radical (unpaired) electrons. The van der Waals surface area contributed by atoms with E-state index in [-0.39, 0.29) is 17.8 Å². The molecule has 1 unspecified atom stereocenters. The maximum absolute atomic E-state index is 14.0. The van der Waals surface area contributed by atoms with Crippen molar-refractivity contribution in [3.63, 3.8) is 0 Å². The quantitative estimate of drug-likeness (QED) is 0.618. The number of hydrogen-bond donors (Lipinski definition) is 1. The number of nitrogens with zero attached hydrogens (tertiary/aromatic N) is 2. The molecule has 0 aliphatic carbocycles. The van der Waals surface area contributed by atoms with Gasteiger partial charge in [-0.3, -0.25) is 4.57 Å². The summed E-state index contributed by atoms with van der Waals surface area (Å²) in [6.07, 6.45) is 1.84. The lowest BCUT2D eigenvalue weighted by molar-refractivity contribution is 0.347. The summed E-state index contributed by atoms with van der Waals surface area (Å²) >= 11 is 1.34. The molecule has 0 aliphatic rings. The van der Waals surface area contributed by atoms with Gasteiger partial charge in [-0.2, -0.15) is 5.26 Å². The highest BCUT2D eigenvalue weighted by molar-refractivity contribution is 7.99. The molecule has 138 valence electrons. The molecule has 1 aromatic carbocycles. The van der Waals surface area contributed by atoms with E-state index in [0.717, 1.165) is 0 Å². The van der Waals surface area contributed by atoms with E-state index in [2.05, 4.69) is 11.1 Å². The zero-order valence-corrected chi connectivity index (χ0v) is 17.4. The van der Waals surface area contributed by atoms with E-state index >= 15 is 0 Å². The molecule has 1 heterocycles. The average molecular weight is 389 g/mol. The number of nitrogens with two attached hydrogens (primary N) is 1. The maximum Gasteiger partial charge on any atom is 0.266 e. The zero-order chi connectivity index (χ0) is 19.5. The Balaban J connectivity index is 2.92. The molecule has 1 atom stereocenters. The van der Waals surface area contributed by atoms with Crippen molar-refractivity contribution in [2.75, 3.05) is 18.6 Å². The first-order valence-electron chi connectivity index (χ1n) is 8.29. The monoisotopic (exact) mass is 389 g/mol. The van der Waals surface area contributed by atoms with Gasteiger partial charge in [-0.15, -0.1) is 11.8 Å². The van der Waals surface area contributed by atoms with Crippen molar-refractivity contribution < 1.29 is 9.09 Å². The van der Waals surface area contributed by atoms with Crippen LogP contribution in [-0.4, -0.2) is 17.8 Å². The van der Waals surface area contributed by atoms with Gasteiger partial charge in [0.25, 0.3) is 7.37 Å². The molecule has 0 spiro atoms. The predicted molar refractivity (Wildman–Crippen MR) is 109 cm³/mol. The van der Waals surface area contributed by atoms with Crippen LogP contribution in [0, 0.1) is 11.3 Å². The van der Waals surface area contributed by atoms with Crippen LogP contribution in [0.3, 0.4) is 0 Å². The number of anilines is 1. The van der Waals surface area contributed by atoms with E-state index in [1.807, 2.05) is 33.1 Å². The fraction of sp³-hybridized carbons (Fsp3) is 0.368. The largest absolute Gasteiger partial charge is 0.383 e. The van der Waals surface area contributed by atoms with E-state index in [0.29, 0.717) is 26.8 Å². The first-order valence-corrected chi connectivity index (χ1v) is 11.1. The van der Waals surface area contributed by atoms with E-state index in [9.17, 15) is 9.83 Å². The normalized spacial score (nSPS) is 13.8. The van der Waals surface area contributed by atoms with Crippen LogP contribution in [0.2, 0.25) is 0 Å². The summed E-state index contributed by atoms with van der Waals surface area (Å²) in [7, 11) is -3.49. The van der Waals surface area contributed by atoms with Crippen LogP contribution in [0.1, 0.15) is 39.0 Å². The van der Waals surface area contributed by atoms with Gasteiger partial charge in [-0.1, -0.05) is 39.0 Å². The van der Waals surface area contributed by atoms with Gasteiger partial charge in [0.1, 0.15) is 11.9 Å². The molecule has 2 rings (SSSR count). The van der Waals surface area contributed by atoms with Crippen molar-refractivity contribution in [1.29, 1.82) is 5.26 Å². The lowest BCUT2D eigenvalue weighted by atomic mass is 9.88. The van der Waals surface area contributed by atoms with E-state index < -0.39 is 7.37 Å². The Hall–Kier alpha value is -1.80. The molecule has 2 aromatic rings. The molecular weight excluding hydrogens is 365 g/mol. The summed E-state index contributed by atoms with van der Waals surface area (Å²) in [5.74, 6) is 0.152. The minimum absolute atomic E-state index is 0.152. The first-order chi connectivity index (χ1) is 12.2. The molecule has 0 bridgehead atoms. The van der Waals surface area contributed by atoms with Gasteiger partial charge in [0, 0.05) is 15.6 Å². The van der Waals surface area contributed by atoms with Gasteiger partial charge in [0.2, 0.25) is 0 Å². The third-order valence-electron chi connectivity index (χ3n) is 3.88. The van der Waals surface area contributed by atoms with Gasteiger partial charge >= 0.3 is 0 Å². The van der Waals surface area contributed by atoms with Crippen LogP contribution >= 0.6 is 19.1 Å². The standard InChI is InChI=1S/C19H24N3O2PS/c1-6-24-25(23,13-10-8-7-9-11-13)15-16(26-5)14(12-20)17(19(2,3)4)22-18(15)21/h7-11H,6H2,1-5H3,(H2,21,22). The summed E-state index contributed by atoms with van der Waals surface area (Å²) in [4.78, 5) is 5.06. The van der Waals surface area contributed by atoms with Crippen molar-refractivity contribution in [2.24, 2.45) is 0 Å². The van der Waals surface area contributed by atoms with Crippen molar-refractivity contribution in [1.82, 2.24) is 4.98 Å². The Labute approximate surface area is 159 Å². The Kier molecular flexibility index (Phi) is 6.18. The van der Waals surface area contributed by atoms with Crippen LogP contribution in [0.4, 0.5) is 5.82 Å². The van der Waals surface area contributed by atoms with Crippen molar-refractivity contribution >= 4 is 35.6 Å². The second-order valence-corrected chi connectivity index (χ2v) is 9.91. The highest BCUT2D eigenvalue weighted by Gasteiger charge is 2.37. The molecule has 0 saturated heterocycles. The van der Waals surface area contributed by atoms with Crippen molar-refractivity contribution in [2.45, 2.75) is 38.0 Å². The Morgan fingerprint density at radius 2 is 1.92 bits per heavy atom. The summed E-state index contributed by atoms with van der Waals surface area (Å²) in [5.41, 5.74) is 6.92. The maximum atomic E-state index is 14.0. The first kappa shape index (κ1) is 20.5. The van der Waals surface area contributed by atoms with Gasteiger partial charge in [-0.05, 0) is 25.3 Å². The molecule has 7 heteroatoms. The number of rotatable bonds is 5. The molecule has 1 aromatic heterocycles. The Morgan fingerprint density at radius 1 is 1.31 bits per heavy atom. The molecule has 2 N–H and O–H groups in total. The molecule has 0 amide bonds. The van der Waals surface area contributed by atoms with Gasteiger partial charge in [0.15, 0.2) is 0 Å². The van der Waals surface area contributed by atoms with Crippen LogP contribution in [0.25, 0.3) is 0 Å². The number of aromatic nitrogens is 1. The summed E-state index contributed by atoms with van der Waals surface area (Å²) in [6, 6.07) is 11.2. The molecule has 0 saturated carbocycles. The third kappa shape index (κ3) is 3.66. The highest BCUT2D eigenvalue weighted by atomic mass is 32.2. The Morgan fingerprint density at radius 3 is 2.38 bits per heavy atom. The molecule has 0 aliphatic heterocycles. The second-order valence-electron chi connectivity index (χ2n) is 6.77. The predicted octanol–water partition coefficient (Wildman–Crippen LogP) is 3.82. The topological polar surface area (TPSA) is 89.0 Å². The fourth-order valence-corrected chi connectivity index (χ4v) is 6.25.